The first kappa shape index (κ1) is 14.0. The Morgan fingerprint density at radius 2 is 2.00 bits per heavy atom. The molecule has 1 aliphatic heterocycles. The Morgan fingerprint density at radius 1 is 1.21 bits per heavy atom. The molecule has 0 aliphatic carbocycles. The number of nitrogens with one attached hydrogen (secondary N) is 1. The minimum atomic E-state index is -0.223. The Kier molecular flexibility index (Phi) is 4.56. The lowest BCUT2D eigenvalue weighted by molar-refractivity contribution is 0.446. The van der Waals surface area contributed by atoms with Crippen LogP contribution in [0.15, 0.2) is 36.5 Å². The summed E-state index contributed by atoms with van der Waals surface area (Å²) in [7, 11) is 0. The van der Waals surface area contributed by atoms with E-state index in [2.05, 4.69) is 10.4 Å². The minimum absolute atomic E-state index is 0. The van der Waals surface area contributed by atoms with Gasteiger partial charge in [-0.05, 0) is 50.2 Å². The second-order valence-corrected chi connectivity index (χ2v) is 4.67. The Balaban J connectivity index is 0.00000133. The minimum Gasteiger partial charge on any atom is -0.317 e. The third-order valence-electron chi connectivity index (χ3n) is 3.48. The van der Waals surface area contributed by atoms with Crippen LogP contribution < -0.4 is 5.32 Å². The van der Waals surface area contributed by atoms with E-state index in [0.29, 0.717) is 5.92 Å². The number of aromatic nitrogens is 2. The number of halogens is 2. The van der Waals surface area contributed by atoms with E-state index in [1.54, 1.807) is 12.3 Å². The molecule has 0 radical (unpaired) electrons. The summed E-state index contributed by atoms with van der Waals surface area (Å²) in [5.41, 5.74) is 1.98. The average molecular weight is 282 g/mol. The molecule has 1 aromatic heterocycles. The fourth-order valence-corrected chi connectivity index (χ4v) is 2.56. The van der Waals surface area contributed by atoms with E-state index in [0.717, 1.165) is 31.6 Å². The zero-order valence-electron chi connectivity index (χ0n) is 10.6. The van der Waals surface area contributed by atoms with Gasteiger partial charge in [0.25, 0.3) is 0 Å². The van der Waals surface area contributed by atoms with Crippen LogP contribution in [0.5, 0.6) is 0 Å². The van der Waals surface area contributed by atoms with Gasteiger partial charge < -0.3 is 5.32 Å². The van der Waals surface area contributed by atoms with E-state index >= 15 is 0 Å². The van der Waals surface area contributed by atoms with Gasteiger partial charge in [0.05, 0.1) is 5.69 Å². The fraction of sp³-hybridized carbons (Fsp3) is 0.357. The summed E-state index contributed by atoms with van der Waals surface area (Å²) in [6, 6.07) is 8.63. The molecule has 1 saturated heterocycles. The number of piperidine rings is 1. The highest BCUT2D eigenvalue weighted by Crippen LogP contribution is 2.26. The smallest absolute Gasteiger partial charge is 0.125 e. The molecular weight excluding hydrogens is 265 g/mol. The third kappa shape index (κ3) is 2.96. The highest BCUT2D eigenvalue weighted by molar-refractivity contribution is 5.85. The van der Waals surface area contributed by atoms with Gasteiger partial charge in [0.2, 0.25) is 0 Å². The summed E-state index contributed by atoms with van der Waals surface area (Å²) in [4.78, 5) is 0. The molecule has 102 valence electrons. The van der Waals surface area contributed by atoms with Crippen LogP contribution in [-0.4, -0.2) is 22.9 Å². The third-order valence-corrected chi connectivity index (χ3v) is 3.48. The van der Waals surface area contributed by atoms with Crippen LogP contribution in [0.3, 0.4) is 0 Å². The van der Waals surface area contributed by atoms with Gasteiger partial charge in [-0.2, -0.15) is 5.10 Å². The normalized spacial score (nSPS) is 16.1. The van der Waals surface area contributed by atoms with Crippen molar-refractivity contribution in [2.75, 3.05) is 13.1 Å². The molecule has 0 saturated carbocycles. The van der Waals surface area contributed by atoms with Crippen molar-refractivity contribution in [2.45, 2.75) is 18.8 Å². The molecule has 1 aromatic carbocycles. The van der Waals surface area contributed by atoms with E-state index in [9.17, 15) is 4.39 Å². The van der Waals surface area contributed by atoms with Crippen molar-refractivity contribution >= 4 is 12.4 Å². The maximum absolute atomic E-state index is 13.3. The molecule has 0 unspecified atom stereocenters. The molecular formula is C14H17ClFN3. The van der Waals surface area contributed by atoms with Gasteiger partial charge in [-0.3, -0.25) is 0 Å². The Morgan fingerprint density at radius 3 is 2.74 bits per heavy atom. The van der Waals surface area contributed by atoms with Crippen LogP contribution in [0.2, 0.25) is 0 Å². The SMILES string of the molecule is Cl.Fc1cccc(-n2nccc2C2CCNCC2)c1. The molecule has 0 atom stereocenters. The maximum atomic E-state index is 13.3. The molecule has 0 bridgehead atoms. The van der Waals surface area contributed by atoms with Crippen LogP contribution in [0.4, 0.5) is 4.39 Å². The van der Waals surface area contributed by atoms with E-state index in [1.807, 2.05) is 16.8 Å². The highest BCUT2D eigenvalue weighted by atomic mass is 35.5. The first-order valence-electron chi connectivity index (χ1n) is 6.35. The number of hydrogen-bond donors (Lipinski definition) is 1. The van der Waals surface area contributed by atoms with Crippen LogP contribution >= 0.6 is 12.4 Å². The standard InChI is InChI=1S/C14H16FN3.ClH/c15-12-2-1-3-13(10-12)18-14(6-9-17-18)11-4-7-16-8-5-11;/h1-3,6,9-11,16H,4-5,7-8H2;1H. The van der Waals surface area contributed by atoms with Gasteiger partial charge in [0.1, 0.15) is 5.82 Å². The molecule has 2 heterocycles. The molecule has 3 nitrogen and oxygen atoms in total. The average Bonchev–Trinajstić information content (AvgIpc) is 2.89. The van der Waals surface area contributed by atoms with Crippen LogP contribution in [-0.2, 0) is 0 Å². The molecule has 2 aromatic rings. The summed E-state index contributed by atoms with van der Waals surface area (Å²) in [5, 5.41) is 7.69. The zero-order valence-corrected chi connectivity index (χ0v) is 11.4. The first-order valence-corrected chi connectivity index (χ1v) is 6.35. The molecule has 0 spiro atoms. The quantitative estimate of drug-likeness (QED) is 0.917. The molecule has 3 rings (SSSR count). The predicted molar refractivity (Wildman–Crippen MR) is 75.6 cm³/mol. The molecule has 1 fully saturated rings. The number of benzene rings is 1. The lowest BCUT2D eigenvalue weighted by Gasteiger charge is -2.23. The van der Waals surface area contributed by atoms with Gasteiger partial charge >= 0.3 is 0 Å². The van der Waals surface area contributed by atoms with E-state index < -0.39 is 0 Å². The topological polar surface area (TPSA) is 29.9 Å². The van der Waals surface area contributed by atoms with Crippen molar-refractivity contribution in [3.8, 4) is 5.69 Å². The van der Waals surface area contributed by atoms with Crippen molar-refractivity contribution in [1.29, 1.82) is 0 Å². The molecule has 0 amide bonds. The van der Waals surface area contributed by atoms with E-state index in [1.165, 1.54) is 17.8 Å². The Bertz CT molecular complexity index is 535. The van der Waals surface area contributed by atoms with Crippen LogP contribution in [0.25, 0.3) is 5.69 Å². The molecule has 1 N–H and O–H groups in total. The second-order valence-electron chi connectivity index (χ2n) is 4.67. The van der Waals surface area contributed by atoms with Gasteiger partial charge in [0, 0.05) is 17.8 Å². The summed E-state index contributed by atoms with van der Waals surface area (Å²) in [6.07, 6.45) is 4.02. The van der Waals surface area contributed by atoms with Gasteiger partial charge in [-0.25, -0.2) is 9.07 Å². The molecule has 1 aliphatic rings. The van der Waals surface area contributed by atoms with E-state index in [-0.39, 0.29) is 18.2 Å². The van der Waals surface area contributed by atoms with Crippen molar-refractivity contribution < 1.29 is 4.39 Å². The number of rotatable bonds is 2. The summed E-state index contributed by atoms with van der Waals surface area (Å²) < 4.78 is 15.1. The number of nitrogens with zero attached hydrogens (tertiary/aromatic N) is 2. The van der Waals surface area contributed by atoms with Gasteiger partial charge in [-0.1, -0.05) is 6.07 Å². The Hall–Kier alpha value is -1.39. The summed E-state index contributed by atoms with van der Waals surface area (Å²) >= 11 is 0. The van der Waals surface area contributed by atoms with Crippen molar-refractivity contribution in [1.82, 2.24) is 15.1 Å². The van der Waals surface area contributed by atoms with Crippen molar-refractivity contribution in [3.05, 3.63) is 48.0 Å². The second kappa shape index (κ2) is 6.17. The van der Waals surface area contributed by atoms with Gasteiger partial charge in [0.15, 0.2) is 0 Å². The van der Waals surface area contributed by atoms with Crippen molar-refractivity contribution in [2.24, 2.45) is 0 Å². The van der Waals surface area contributed by atoms with E-state index in [4.69, 9.17) is 0 Å². The monoisotopic (exact) mass is 281 g/mol. The Labute approximate surface area is 118 Å². The summed E-state index contributed by atoms with van der Waals surface area (Å²) in [6.45, 7) is 2.08. The zero-order chi connectivity index (χ0) is 12.4. The number of hydrogen-bond acceptors (Lipinski definition) is 2. The summed E-state index contributed by atoms with van der Waals surface area (Å²) in [5.74, 6) is 0.288. The molecule has 5 heteroatoms. The van der Waals surface area contributed by atoms with Crippen LogP contribution in [0.1, 0.15) is 24.5 Å². The molecule has 19 heavy (non-hydrogen) atoms. The predicted octanol–water partition coefficient (Wildman–Crippen LogP) is 2.90. The van der Waals surface area contributed by atoms with Crippen LogP contribution in [0, 0.1) is 5.82 Å². The lowest BCUT2D eigenvalue weighted by Crippen LogP contribution is -2.27. The maximum Gasteiger partial charge on any atom is 0.125 e. The first-order chi connectivity index (χ1) is 8.84. The highest BCUT2D eigenvalue weighted by Gasteiger charge is 2.19. The van der Waals surface area contributed by atoms with Gasteiger partial charge in [-0.15, -0.1) is 12.4 Å². The lowest BCUT2D eigenvalue weighted by atomic mass is 9.94. The largest absolute Gasteiger partial charge is 0.317 e. The fourth-order valence-electron chi connectivity index (χ4n) is 2.56. The van der Waals surface area contributed by atoms with Crippen molar-refractivity contribution in [3.63, 3.8) is 0 Å².